The molecule has 0 amide bonds. The van der Waals surface area contributed by atoms with E-state index in [-0.39, 0.29) is 5.56 Å². The predicted octanol–water partition coefficient (Wildman–Crippen LogP) is 3.69. The molecule has 2 aliphatic heterocycles. The van der Waals surface area contributed by atoms with E-state index in [1.54, 1.807) is 0 Å². The average Bonchev–Trinajstić information content (AvgIpc) is 2.88. The van der Waals surface area contributed by atoms with E-state index in [1.807, 2.05) is 22.8 Å². The van der Waals surface area contributed by atoms with Gasteiger partial charge in [-0.1, -0.05) is 6.42 Å². The number of fused-ring (bicyclic) bond motifs is 2. The number of aryl methyl sites for hydroxylation is 1. The molecule has 2 aromatic rings. The Morgan fingerprint density at radius 3 is 2.88 bits per heavy atom. The highest BCUT2D eigenvalue weighted by Crippen LogP contribution is 2.21. The molecule has 3 heterocycles. The number of nitrogens with zero attached hydrogens (tertiary/aromatic N) is 3. The van der Waals surface area contributed by atoms with Gasteiger partial charge in [-0.25, -0.2) is 4.98 Å². The van der Waals surface area contributed by atoms with E-state index in [0.29, 0.717) is 11.4 Å². The number of piperidine rings is 1. The maximum Gasteiger partial charge on any atom is 0.261 e. The fraction of sp³-hybridized carbons (Fsp3) is 0.550. The number of anilines is 1. The number of likely N-dealkylation sites (tertiary alicyclic amines) is 1. The van der Waals surface area contributed by atoms with Crippen LogP contribution in [-0.2, 0) is 13.0 Å². The normalized spacial score (nSPS) is 20.5. The summed E-state index contributed by atoms with van der Waals surface area (Å²) in [6.45, 7) is 4.00. The lowest BCUT2D eigenvalue weighted by molar-refractivity contribution is 0.262. The second-order valence-electron chi connectivity index (χ2n) is 7.50. The Morgan fingerprint density at radius 1 is 1.19 bits per heavy atom. The molecular weight excluding hydrogens is 344 g/mol. The fourth-order valence-corrected chi connectivity index (χ4v) is 4.48. The van der Waals surface area contributed by atoms with Crippen molar-refractivity contribution in [3.8, 4) is 0 Å². The Kier molecular flexibility index (Phi) is 4.94. The number of hydrogen-bond donors (Lipinski definition) is 1. The van der Waals surface area contributed by atoms with Crippen molar-refractivity contribution in [2.24, 2.45) is 0 Å². The summed E-state index contributed by atoms with van der Waals surface area (Å²) in [6.07, 6.45) is 7.84. The van der Waals surface area contributed by atoms with Crippen molar-refractivity contribution in [2.45, 2.75) is 64.5 Å². The zero-order chi connectivity index (χ0) is 18.1. The molecule has 1 fully saturated rings. The van der Waals surface area contributed by atoms with Crippen LogP contribution in [0.25, 0.3) is 10.9 Å². The molecule has 1 aromatic heterocycles. The van der Waals surface area contributed by atoms with Gasteiger partial charge in [0, 0.05) is 31.2 Å². The molecule has 26 heavy (non-hydrogen) atoms. The van der Waals surface area contributed by atoms with Crippen molar-refractivity contribution in [1.29, 1.82) is 0 Å². The summed E-state index contributed by atoms with van der Waals surface area (Å²) < 4.78 is 1.87. The summed E-state index contributed by atoms with van der Waals surface area (Å²) in [6, 6.07) is 6.28. The van der Waals surface area contributed by atoms with Gasteiger partial charge in [0.2, 0.25) is 0 Å². The van der Waals surface area contributed by atoms with Crippen molar-refractivity contribution in [1.82, 2.24) is 14.5 Å². The van der Waals surface area contributed by atoms with Crippen LogP contribution in [0.15, 0.2) is 23.0 Å². The smallest absolute Gasteiger partial charge is 0.261 e. The highest BCUT2D eigenvalue weighted by Gasteiger charge is 2.21. The third kappa shape index (κ3) is 3.34. The molecule has 5 nitrogen and oxygen atoms in total. The monoisotopic (exact) mass is 370 g/mol. The second kappa shape index (κ2) is 7.35. The lowest BCUT2D eigenvalue weighted by Crippen LogP contribution is -2.44. The van der Waals surface area contributed by atoms with Crippen LogP contribution >= 0.6 is 12.2 Å². The highest BCUT2D eigenvalue weighted by atomic mass is 32.1. The minimum atomic E-state index is 0.0767. The van der Waals surface area contributed by atoms with Gasteiger partial charge >= 0.3 is 0 Å². The molecule has 0 saturated carbocycles. The van der Waals surface area contributed by atoms with E-state index < -0.39 is 0 Å². The van der Waals surface area contributed by atoms with Crippen LogP contribution in [0.2, 0.25) is 0 Å². The molecule has 2 aliphatic rings. The second-order valence-corrected chi connectivity index (χ2v) is 7.88. The largest absolute Gasteiger partial charge is 0.346 e. The molecule has 0 bridgehead atoms. The molecular formula is C20H26N4OS. The van der Waals surface area contributed by atoms with E-state index in [0.717, 1.165) is 60.9 Å². The predicted molar refractivity (Wildman–Crippen MR) is 110 cm³/mol. The first kappa shape index (κ1) is 17.5. The van der Waals surface area contributed by atoms with Gasteiger partial charge in [0.1, 0.15) is 5.82 Å². The first-order valence-corrected chi connectivity index (χ1v) is 10.2. The van der Waals surface area contributed by atoms with Crippen LogP contribution in [0, 0.1) is 0 Å². The van der Waals surface area contributed by atoms with Gasteiger partial charge in [0.15, 0.2) is 5.11 Å². The maximum atomic E-state index is 13.0. The summed E-state index contributed by atoms with van der Waals surface area (Å²) in [5.41, 5.74) is 1.73. The molecule has 1 aromatic carbocycles. The van der Waals surface area contributed by atoms with E-state index in [1.165, 1.54) is 19.3 Å². The minimum Gasteiger partial charge on any atom is -0.346 e. The van der Waals surface area contributed by atoms with Crippen LogP contribution in [0.3, 0.4) is 0 Å². The Morgan fingerprint density at radius 2 is 2.04 bits per heavy atom. The first-order chi connectivity index (χ1) is 12.6. The summed E-state index contributed by atoms with van der Waals surface area (Å²) in [5.74, 6) is 0.929. The van der Waals surface area contributed by atoms with Crippen molar-refractivity contribution >= 4 is 33.9 Å². The van der Waals surface area contributed by atoms with Gasteiger partial charge in [-0.05, 0) is 69.4 Å². The van der Waals surface area contributed by atoms with Gasteiger partial charge in [0.25, 0.3) is 5.56 Å². The van der Waals surface area contributed by atoms with Gasteiger partial charge in [-0.3, -0.25) is 9.36 Å². The highest BCUT2D eigenvalue weighted by molar-refractivity contribution is 7.80. The standard InChI is InChI=1S/C20H26N4OS/c1-14-7-4-6-11-23(14)20(26)21-15-9-10-17-16(13-15)19(25)24-12-5-2-3-8-18(24)22-17/h9-10,13-14H,2-8,11-12H2,1H3,(H,21,26)/t14-/m0/s1. The van der Waals surface area contributed by atoms with Gasteiger partial charge in [-0.2, -0.15) is 0 Å². The molecule has 1 N–H and O–H groups in total. The molecule has 0 radical (unpaired) electrons. The van der Waals surface area contributed by atoms with Crippen LogP contribution < -0.4 is 10.9 Å². The van der Waals surface area contributed by atoms with Gasteiger partial charge in [0.05, 0.1) is 10.9 Å². The zero-order valence-corrected chi connectivity index (χ0v) is 16.1. The Labute approximate surface area is 159 Å². The fourth-order valence-electron chi connectivity index (χ4n) is 4.09. The van der Waals surface area contributed by atoms with Crippen LogP contribution in [0.1, 0.15) is 51.3 Å². The lowest BCUT2D eigenvalue weighted by atomic mass is 10.0. The Bertz CT molecular complexity index is 891. The van der Waals surface area contributed by atoms with Crippen LogP contribution in [-0.4, -0.2) is 32.2 Å². The number of thiocarbonyl (C=S) groups is 1. The topological polar surface area (TPSA) is 50.2 Å². The molecule has 6 heteroatoms. The molecule has 4 rings (SSSR count). The van der Waals surface area contributed by atoms with Crippen molar-refractivity contribution in [3.05, 3.63) is 34.4 Å². The maximum absolute atomic E-state index is 13.0. The summed E-state index contributed by atoms with van der Waals surface area (Å²) in [7, 11) is 0. The van der Waals surface area contributed by atoms with Gasteiger partial charge < -0.3 is 10.2 Å². The molecule has 0 unspecified atom stereocenters. The number of aromatic nitrogens is 2. The third-order valence-electron chi connectivity index (χ3n) is 5.63. The average molecular weight is 371 g/mol. The number of nitrogens with one attached hydrogen (secondary N) is 1. The van der Waals surface area contributed by atoms with E-state index in [2.05, 4.69) is 17.1 Å². The van der Waals surface area contributed by atoms with E-state index in [9.17, 15) is 4.79 Å². The molecule has 0 spiro atoms. The lowest BCUT2D eigenvalue weighted by Gasteiger charge is -2.35. The number of benzene rings is 1. The van der Waals surface area contributed by atoms with Crippen LogP contribution in [0.4, 0.5) is 5.69 Å². The third-order valence-corrected chi connectivity index (χ3v) is 5.97. The number of hydrogen-bond acceptors (Lipinski definition) is 3. The van der Waals surface area contributed by atoms with E-state index >= 15 is 0 Å². The summed E-state index contributed by atoms with van der Waals surface area (Å²) in [4.78, 5) is 20.0. The minimum absolute atomic E-state index is 0.0767. The molecule has 1 saturated heterocycles. The van der Waals surface area contributed by atoms with Gasteiger partial charge in [-0.15, -0.1) is 0 Å². The SMILES string of the molecule is C[C@H]1CCCCN1C(=S)Nc1ccc2nc3n(c(=O)c2c1)CCCCC3. The van der Waals surface area contributed by atoms with Crippen molar-refractivity contribution in [3.63, 3.8) is 0 Å². The van der Waals surface area contributed by atoms with E-state index in [4.69, 9.17) is 17.2 Å². The van der Waals surface area contributed by atoms with Crippen molar-refractivity contribution in [2.75, 3.05) is 11.9 Å². The molecule has 1 atom stereocenters. The Hall–Kier alpha value is -1.95. The van der Waals surface area contributed by atoms with Crippen LogP contribution in [0.5, 0.6) is 0 Å². The zero-order valence-electron chi connectivity index (χ0n) is 15.3. The number of rotatable bonds is 1. The van der Waals surface area contributed by atoms with Crippen molar-refractivity contribution < 1.29 is 0 Å². The first-order valence-electron chi connectivity index (χ1n) is 9.74. The summed E-state index contributed by atoms with van der Waals surface area (Å²) in [5, 5.41) is 4.76. The molecule has 138 valence electrons. The summed E-state index contributed by atoms with van der Waals surface area (Å²) >= 11 is 5.62. The quantitative estimate of drug-likeness (QED) is 0.776. The Balaban J connectivity index is 1.64. The molecule has 0 aliphatic carbocycles.